The van der Waals surface area contributed by atoms with Gasteiger partial charge in [-0.3, -0.25) is 0 Å². The molecule has 27 heavy (non-hydrogen) atoms. The normalized spacial score (nSPS) is 10.4. The number of halogens is 1. The van der Waals surface area contributed by atoms with Gasteiger partial charge in [0.15, 0.2) is 0 Å². The molecule has 1 heterocycles. The second-order valence-corrected chi connectivity index (χ2v) is 6.80. The highest BCUT2D eigenvalue weighted by atomic mass is 79.9. The summed E-state index contributed by atoms with van der Waals surface area (Å²) in [5.41, 5.74) is 3.18. The first-order valence-corrected chi connectivity index (χ1v) is 9.12. The van der Waals surface area contributed by atoms with Crippen LogP contribution < -0.4 is 10.4 Å². The number of benzene rings is 2. The molecule has 0 fully saturated rings. The van der Waals surface area contributed by atoms with Crippen LogP contribution in [-0.2, 0) is 4.84 Å². The molecular formula is C20H19BrN4O2. The Labute approximate surface area is 166 Å². The number of hydrogen-bond donors (Lipinski definition) is 1. The number of anilines is 3. The number of para-hydroxylation sites is 1. The fourth-order valence-corrected chi connectivity index (χ4v) is 2.81. The van der Waals surface area contributed by atoms with E-state index in [4.69, 9.17) is 4.84 Å². The summed E-state index contributed by atoms with van der Waals surface area (Å²) in [5, 5.41) is 4.50. The summed E-state index contributed by atoms with van der Waals surface area (Å²) >= 11 is 3.42. The first kappa shape index (κ1) is 18.8. The smallest absolute Gasteiger partial charge is 0.340 e. The van der Waals surface area contributed by atoms with Crippen LogP contribution in [0.4, 0.5) is 17.5 Å². The van der Waals surface area contributed by atoms with Crippen molar-refractivity contribution in [2.45, 2.75) is 13.8 Å². The zero-order valence-electron chi connectivity index (χ0n) is 15.2. The number of carbonyl (C=O) groups is 1. The van der Waals surface area contributed by atoms with E-state index in [0.29, 0.717) is 15.9 Å². The van der Waals surface area contributed by atoms with Crippen molar-refractivity contribution in [1.82, 2.24) is 9.97 Å². The number of carbonyl (C=O) groups excluding carboxylic acids is 1. The highest BCUT2D eigenvalue weighted by Crippen LogP contribution is 2.23. The maximum Gasteiger partial charge on any atom is 0.364 e. The van der Waals surface area contributed by atoms with Crippen LogP contribution in [0, 0.1) is 13.8 Å². The first-order chi connectivity index (χ1) is 13.0. The molecule has 138 valence electrons. The van der Waals surface area contributed by atoms with Crippen LogP contribution in [0.15, 0.2) is 59.2 Å². The monoisotopic (exact) mass is 426 g/mol. The van der Waals surface area contributed by atoms with Gasteiger partial charge >= 0.3 is 5.97 Å². The van der Waals surface area contributed by atoms with Gasteiger partial charge in [0.25, 0.3) is 5.95 Å². The Hall–Kier alpha value is -2.93. The Balaban J connectivity index is 1.78. The molecule has 0 radical (unpaired) electrons. The lowest BCUT2D eigenvalue weighted by Gasteiger charge is -2.18. The number of rotatable bonds is 5. The molecule has 0 saturated carbocycles. The van der Waals surface area contributed by atoms with Crippen molar-refractivity contribution in [3.63, 3.8) is 0 Å². The predicted octanol–water partition coefficient (Wildman–Crippen LogP) is 4.81. The summed E-state index contributed by atoms with van der Waals surface area (Å²) in [6.45, 7) is 3.82. The Morgan fingerprint density at radius 1 is 1.07 bits per heavy atom. The summed E-state index contributed by atoms with van der Waals surface area (Å²) in [7, 11) is 1.60. The number of hydrogen-bond acceptors (Lipinski definition) is 6. The van der Waals surface area contributed by atoms with Crippen molar-refractivity contribution in [2.75, 3.05) is 17.4 Å². The Kier molecular flexibility index (Phi) is 5.71. The van der Waals surface area contributed by atoms with Crippen molar-refractivity contribution < 1.29 is 9.63 Å². The van der Waals surface area contributed by atoms with Gasteiger partial charge in [-0.15, -0.1) is 0 Å². The number of aromatic nitrogens is 2. The molecule has 2 aromatic carbocycles. The largest absolute Gasteiger partial charge is 0.364 e. The third-order valence-electron chi connectivity index (χ3n) is 3.91. The minimum atomic E-state index is -0.491. The third kappa shape index (κ3) is 4.43. The van der Waals surface area contributed by atoms with Crippen LogP contribution in [0.3, 0.4) is 0 Å². The molecule has 0 atom stereocenters. The molecule has 0 aliphatic carbocycles. The highest BCUT2D eigenvalue weighted by molar-refractivity contribution is 9.10. The van der Waals surface area contributed by atoms with Gasteiger partial charge in [0.1, 0.15) is 5.82 Å². The second-order valence-electron chi connectivity index (χ2n) is 6.01. The van der Waals surface area contributed by atoms with E-state index in [1.165, 1.54) is 5.06 Å². The lowest BCUT2D eigenvalue weighted by atomic mass is 10.1. The van der Waals surface area contributed by atoms with E-state index in [9.17, 15) is 4.79 Å². The summed E-state index contributed by atoms with van der Waals surface area (Å²) in [6.07, 6.45) is 1.68. The van der Waals surface area contributed by atoms with Gasteiger partial charge in [0.2, 0.25) is 0 Å². The van der Waals surface area contributed by atoms with Gasteiger partial charge < -0.3 is 10.2 Å². The van der Waals surface area contributed by atoms with Crippen LogP contribution in [0.1, 0.15) is 21.5 Å². The molecule has 0 saturated heterocycles. The van der Waals surface area contributed by atoms with Crippen molar-refractivity contribution in [2.24, 2.45) is 0 Å². The molecule has 0 aliphatic rings. The highest BCUT2D eigenvalue weighted by Gasteiger charge is 2.18. The van der Waals surface area contributed by atoms with Gasteiger partial charge in [0, 0.05) is 29.0 Å². The van der Waals surface area contributed by atoms with Crippen molar-refractivity contribution in [3.05, 3.63) is 75.9 Å². The third-order valence-corrected chi connectivity index (χ3v) is 4.96. The molecule has 0 spiro atoms. The fraction of sp³-hybridized carbons (Fsp3) is 0.150. The topological polar surface area (TPSA) is 67.4 Å². The summed E-state index contributed by atoms with van der Waals surface area (Å²) in [4.78, 5) is 26.6. The van der Waals surface area contributed by atoms with Crippen molar-refractivity contribution in [3.8, 4) is 0 Å². The van der Waals surface area contributed by atoms with Crippen molar-refractivity contribution >= 4 is 39.4 Å². The average molecular weight is 427 g/mol. The van der Waals surface area contributed by atoms with Crippen LogP contribution in [0.5, 0.6) is 0 Å². The standard InChI is InChI=1S/C20H19BrN4O2/c1-13-8-7-11-16(17(13)21)19(26)27-25(3)20-22-12-14(2)18(24-20)23-15-9-5-4-6-10-15/h4-12H,1-3H3,(H,22,23,24). The Morgan fingerprint density at radius 2 is 1.81 bits per heavy atom. The zero-order chi connectivity index (χ0) is 19.4. The molecule has 3 aromatic rings. The van der Waals surface area contributed by atoms with Crippen LogP contribution in [-0.4, -0.2) is 23.0 Å². The maximum absolute atomic E-state index is 12.5. The van der Waals surface area contributed by atoms with Gasteiger partial charge in [-0.1, -0.05) is 30.3 Å². The lowest BCUT2D eigenvalue weighted by Crippen LogP contribution is -2.25. The number of hydroxylamine groups is 1. The Morgan fingerprint density at radius 3 is 2.56 bits per heavy atom. The molecule has 0 unspecified atom stereocenters. The number of aryl methyl sites for hydroxylation is 2. The van der Waals surface area contributed by atoms with E-state index in [2.05, 4.69) is 31.2 Å². The molecule has 1 N–H and O–H groups in total. The van der Waals surface area contributed by atoms with Crippen LogP contribution in [0.2, 0.25) is 0 Å². The van der Waals surface area contributed by atoms with Gasteiger partial charge in [-0.25, -0.2) is 9.78 Å². The molecule has 0 aliphatic heterocycles. The molecule has 1 aromatic heterocycles. The maximum atomic E-state index is 12.5. The van der Waals surface area contributed by atoms with E-state index in [1.807, 2.05) is 50.2 Å². The average Bonchev–Trinajstić information content (AvgIpc) is 2.66. The minimum Gasteiger partial charge on any atom is -0.340 e. The quantitative estimate of drug-likeness (QED) is 0.590. The van der Waals surface area contributed by atoms with E-state index in [1.54, 1.807) is 25.4 Å². The molecular weight excluding hydrogens is 408 g/mol. The Bertz CT molecular complexity index is 963. The molecule has 7 heteroatoms. The van der Waals surface area contributed by atoms with Crippen LogP contribution >= 0.6 is 15.9 Å². The molecule has 3 rings (SSSR count). The van der Waals surface area contributed by atoms with Gasteiger partial charge in [0.05, 0.1) is 5.56 Å². The summed E-state index contributed by atoms with van der Waals surface area (Å²) in [5.74, 6) is 0.428. The summed E-state index contributed by atoms with van der Waals surface area (Å²) < 4.78 is 0.708. The minimum absolute atomic E-state index is 0.274. The van der Waals surface area contributed by atoms with Crippen molar-refractivity contribution in [1.29, 1.82) is 0 Å². The first-order valence-electron chi connectivity index (χ1n) is 8.32. The van der Waals surface area contributed by atoms with Gasteiger partial charge in [-0.05, 0) is 53.5 Å². The van der Waals surface area contributed by atoms with E-state index in [-0.39, 0.29) is 5.95 Å². The van der Waals surface area contributed by atoms with E-state index < -0.39 is 5.97 Å². The summed E-state index contributed by atoms with van der Waals surface area (Å²) in [6, 6.07) is 15.1. The van der Waals surface area contributed by atoms with Crippen LogP contribution in [0.25, 0.3) is 0 Å². The molecule has 6 nitrogen and oxygen atoms in total. The zero-order valence-corrected chi connectivity index (χ0v) is 16.8. The second kappa shape index (κ2) is 8.18. The number of nitrogens with zero attached hydrogens (tertiary/aromatic N) is 3. The number of nitrogens with one attached hydrogen (secondary N) is 1. The lowest BCUT2D eigenvalue weighted by molar-refractivity contribution is 0.0470. The molecule has 0 amide bonds. The van der Waals surface area contributed by atoms with E-state index >= 15 is 0 Å². The molecule has 0 bridgehead atoms. The predicted molar refractivity (Wildman–Crippen MR) is 109 cm³/mol. The van der Waals surface area contributed by atoms with Gasteiger partial charge in [-0.2, -0.15) is 10.0 Å². The SMILES string of the molecule is Cc1cnc(N(C)OC(=O)c2cccc(C)c2Br)nc1Nc1ccccc1. The van der Waals surface area contributed by atoms with E-state index in [0.717, 1.165) is 16.8 Å². The fourth-order valence-electron chi connectivity index (χ4n) is 2.39.